The molecule has 0 bridgehead atoms. The number of aromatic nitrogens is 2. The van der Waals surface area contributed by atoms with Crippen LogP contribution in [0.4, 0.5) is 0 Å². The van der Waals surface area contributed by atoms with E-state index in [2.05, 4.69) is 34.5 Å². The van der Waals surface area contributed by atoms with E-state index < -0.39 is 0 Å². The second-order valence-corrected chi connectivity index (χ2v) is 6.10. The topological polar surface area (TPSA) is 60.2 Å². The lowest BCUT2D eigenvalue weighted by Gasteiger charge is -2.38. The van der Waals surface area contributed by atoms with E-state index in [1.54, 1.807) is 11.8 Å². The molecule has 0 saturated carbocycles. The minimum absolute atomic E-state index is 0.0899. The molecule has 5 nitrogen and oxygen atoms in total. The van der Waals surface area contributed by atoms with E-state index in [4.69, 9.17) is 9.26 Å². The summed E-state index contributed by atoms with van der Waals surface area (Å²) in [6.45, 7) is 4.20. The first kappa shape index (κ1) is 13.6. The van der Waals surface area contributed by atoms with Crippen molar-refractivity contribution in [3.63, 3.8) is 0 Å². The van der Waals surface area contributed by atoms with Crippen molar-refractivity contribution in [1.29, 1.82) is 0 Å². The average molecular weight is 291 g/mol. The Morgan fingerprint density at radius 2 is 2.15 bits per heavy atom. The normalized spacial score (nSPS) is 16.9. The number of benzene rings is 1. The maximum atomic E-state index is 5.76. The number of thioether (sulfide) groups is 1. The molecular formula is C14H17N3O2S. The van der Waals surface area contributed by atoms with Crippen LogP contribution in [0.2, 0.25) is 0 Å². The summed E-state index contributed by atoms with van der Waals surface area (Å²) in [6, 6.07) is 10.2. The molecule has 1 aromatic heterocycles. The molecule has 1 aromatic carbocycles. The first-order chi connectivity index (χ1) is 9.73. The lowest BCUT2D eigenvalue weighted by atomic mass is 10.0. The van der Waals surface area contributed by atoms with E-state index in [1.165, 1.54) is 4.90 Å². The molecule has 1 aliphatic heterocycles. The second kappa shape index (κ2) is 5.95. The molecule has 0 aliphatic carbocycles. The quantitative estimate of drug-likeness (QED) is 0.824. The molecule has 0 spiro atoms. The summed E-state index contributed by atoms with van der Waals surface area (Å²) in [5.41, 5.74) is -0.0899. The fraction of sp³-hybridized carbons (Fsp3) is 0.429. The highest BCUT2D eigenvalue weighted by atomic mass is 32.2. The highest BCUT2D eigenvalue weighted by molar-refractivity contribution is 7.98. The lowest BCUT2D eigenvalue weighted by Crippen LogP contribution is -2.58. The number of hydrogen-bond donors (Lipinski definition) is 1. The van der Waals surface area contributed by atoms with Crippen LogP contribution >= 0.6 is 11.8 Å². The van der Waals surface area contributed by atoms with Crippen molar-refractivity contribution < 1.29 is 9.26 Å². The van der Waals surface area contributed by atoms with E-state index in [0.29, 0.717) is 24.1 Å². The van der Waals surface area contributed by atoms with Crippen LogP contribution in [0.15, 0.2) is 39.8 Å². The Morgan fingerprint density at radius 1 is 1.35 bits per heavy atom. The molecule has 1 fully saturated rings. The molecule has 0 radical (unpaired) electrons. The molecule has 0 unspecified atom stereocenters. The zero-order chi connectivity index (χ0) is 13.8. The van der Waals surface area contributed by atoms with Gasteiger partial charge in [0.1, 0.15) is 6.61 Å². The minimum atomic E-state index is -0.0899. The van der Waals surface area contributed by atoms with E-state index in [9.17, 15) is 0 Å². The summed E-state index contributed by atoms with van der Waals surface area (Å²) in [5.74, 6) is 1.95. The summed E-state index contributed by atoms with van der Waals surface area (Å²) in [6.07, 6.45) is 0. The van der Waals surface area contributed by atoms with Crippen LogP contribution in [0.5, 0.6) is 0 Å². The molecule has 20 heavy (non-hydrogen) atoms. The zero-order valence-corrected chi connectivity index (χ0v) is 12.2. The van der Waals surface area contributed by atoms with Crippen molar-refractivity contribution >= 4 is 11.8 Å². The van der Waals surface area contributed by atoms with Crippen LogP contribution < -0.4 is 5.32 Å². The third-order valence-corrected chi connectivity index (χ3v) is 4.17. The van der Waals surface area contributed by atoms with Crippen molar-refractivity contribution in [1.82, 2.24) is 15.5 Å². The minimum Gasteiger partial charge on any atom is -0.363 e. The lowest BCUT2D eigenvalue weighted by molar-refractivity contribution is -0.0841. The van der Waals surface area contributed by atoms with E-state index in [-0.39, 0.29) is 5.60 Å². The van der Waals surface area contributed by atoms with Gasteiger partial charge in [-0.2, -0.15) is 4.98 Å². The van der Waals surface area contributed by atoms with Crippen molar-refractivity contribution in [2.75, 3.05) is 13.1 Å². The standard InChI is InChI=1S/C14H17N3O2S/c1-14(9-15-10-14)18-7-13-16-12(17-19-13)8-20-11-5-3-2-4-6-11/h2-6,15H,7-10H2,1H3. The smallest absolute Gasteiger partial charge is 0.252 e. The molecule has 106 valence electrons. The van der Waals surface area contributed by atoms with Gasteiger partial charge in [0.15, 0.2) is 5.82 Å². The van der Waals surface area contributed by atoms with Crippen molar-refractivity contribution in [2.45, 2.75) is 29.8 Å². The number of hydrogen-bond acceptors (Lipinski definition) is 6. The number of nitrogens with one attached hydrogen (secondary N) is 1. The molecule has 2 aromatic rings. The number of ether oxygens (including phenoxy) is 1. The van der Waals surface area contributed by atoms with Gasteiger partial charge in [0.25, 0.3) is 5.89 Å². The van der Waals surface area contributed by atoms with Crippen LogP contribution in [-0.4, -0.2) is 28.8 Å². The van der Waals surface area contributed by atoms with Crippen LogP contribution in [0.1, 0.15) is 18.6 Å². The average Bonchev–Trinajstić information content (AvgIpc) is 2.90. The van der Waals surface area contributed by atoms with Crippen molar-refractivity contribution in [2.24, 2.45) is 0 Å². The van der Waals surface area contributed by atoms with E-state index in [0.717, 1.165) is 13.1 Å². The SMILES string of the molecule is CC1(OCc2nc(CSc3ccccc3)no2)CNC1. The highest BCUT2D eigenvalue weighted by Crippen LogP contribution is 2.21. The summed E-state index contributed by atoms with van der Waals surface area (Å²) in [4.78, 5) is 5.54. The Bertz CT molecular complexity index is 555. The van der Waals surface area contributed by atoms with Crippen molar-refractivity contribution in [3.8, 4) is 0 Å². The fourth-order valence-corrected chi connectivity index (χ4v) is 2.65. The molecule has 0 amide bonds. The maximum Gasteiger partial charge on any atom is 0.252 e. The van der Waals surface area contributed by atoms with Gasteiger partial charge in [0.05, 0.1) is 11.4 Å². The summed E-state index contributed by atoms with van der Waals surface area (Å²) < 4.78 is 11.0. The van der Waals surface area contributed by atoms with E-state index in [1.807, 2.05) is 18.2 Å². The largest absolute Gasteiger partial charge is 0.363 e. The van der Waals surface area contributed by atoms with Crippen LogP contribution in [0, 0.1) is 0 Å². The van der Waals surface area contributed by atoms with Gasteiger partial charge in [0, 0.05) is 18.0 Å². The highest BCUT2D eigenvalue weighted by Gasteiger charge is 2.32. The van der Waals surface area contributed by atoms with Gasteiger partial charge in [-0.25, -0.2) is 0 Å². The molecule has 2 heterocycles. The van der Waals surface area contributed by atoms with Crippen molar-refractivity contribution in [3.05, 3.63) is 42.0 Å². The molecule has 1 saturated heterocycles. The Hall–Kier alpha value is -1.37. The third-order valence-electron chi connectivity index (χ3n) is 3.16. The monoisotopic (exact) mass is 291 g/mol. The Morgan fingerprint density at radius 3 is 2.85 bits per heavy atom. The summed E-state index contributed by atoms with van der Waals surface area (Å²) >= 11 is 1.69. The predicted octanol–water partition coefficient (Wildman–Crippen LogP) is 2.24. The van der Waals surface area contributed by atoms with Gasteiger partial charge in [-0.15, -0.1) is 11.8 Å². The molecule has 3 rings (SSSR count). The Kier molecular flexibility index (Phi) is 4.05. The Balaban J connectivity index is 1.49. The van der Waals surface area contributed by atoms with Crippen LogP contribution in [-0.2, 0) is 17.1 Å². The van der Waals surface area contributed by atoms with Gasteiger partial charge in [-0.3, -0.25) is 0 Å². The van der Waals surface area contributed by atoms with Gasteiger partial charge < -0.3 is 14.6 Å². The summed E-state index contributed by atoms with van der Waals surface area (Å²) in [7, 11) is 0. The molecule has 1 aliphatic rings. The molecular weight excluding hydrogens is 274 g/mol. The predicted molar refractivity (Wildman–Crippen MR) is 76.4 cm³/mol. The van der Waals surface area contributed by atoms with Gasteiger partial charge in [0.2, 0.25) is 0 Å². The van der Waals surface area contributed by atoms with Gasteiger partial charge in [-0.05, 0) is 19.1 Å². The van der Waals surface area contributed by atoms with Crippen LogP contribution in [0.3, 0.4) is 0 Å². The van der Waals surface area contributed by atoms with Gasteiger partial charge in [-0.1, -0.05) is 23.4 Å². The zero-order valence-electron chi connectivity index (χ0n) is 11.3. The van der Waals surface area contributed by atoms with E-state index >= 15 is 0 Å². The fourth-order valence-electron chi connectivity index (χ4n) is 1.89. The molecule has 6 heteroatoms. The van der Waals surface area contributed by atoms with Gasteiger partial charge >= 0.3 is 0 Å². The third kappa shape index (κ3) is 3.39. The second-order valence-electron chi connectivity index (χ2n) is 5.05. The first-order valence-electron chi connectivity index (χ1n) is 6.58. The first-order valence-corrected chi connectivity index (χ1v) is 7.56. The maximum absolute atomic E-state index is 5.76. The molecule has 0 atom stereocenters. The molecule has 1 N–H and O–H groups in total. The number of nitrogens with zero attached hydrogens (tertiary/aromatic N) is 2. The Labute approximate surface area is 122 Å². The summed E-state index contributed by atoms with van der Waals surface area (Å²) in [5, 5.41) is 7.16. The van der Waals surface area contributed by atoms with Crippen LogP contribution in [0.25, 0.3) is 0 Å². The number of rotatable bonds is 6.